The van der Waals surface area contributed by atoms with Crippen molar-refractivity contribution in [1.29, 1.82) is 0 Å². The number of fused-ring (bicyclic) bond motifs is 1. The van der Waals surface area contributed by atoms with E-state index in [1.165, 1.54) is 4.68 Å². The van der Waals surface area contributed by atoms with E-state index in [-0.39, 0.29) is 12.4 Å². The highest BCUT2D eigenvalue weighted by atomic mass is 79.9. The third-order valence-corrected chi connectivity index (χ3v) is 4.00. The maximum Gasteiger partial charge on any atom is 0.283 e. The van der Waals surface area contributed by atoms with Crippen LogP contribution >= 0.6 is 15.9 Å². The van der Waals surface area contributed by atoms with Gasteiger partial charge in [0, 0.05) is 18.7 Å². The topological polar surface area (TPSA) is 65.4 Å². The summed E-state index contributed by atoms with van der Waals surface area (Å²) in [6, 6.07) is 5.73. The number of rotatable bonds is 4. The molecule has 2 aromatic rings. The number of aromatic nitrogens is 2. The third kappa shape index (κ3) is 2.61. The van der Waals surface area contributed by atoms with E-state index in [1.54, 1.807) is 6.20 Å². The van der Waals surface area contributed by atoms with Gasteiger partial charge in [-0.15, -0.1) is 0 Å². The van der Waals surface area contributed by atoms with Gasteiger partial charge in [0.15, 0.2) is 11.5 Å². The quantitative estimate of drug-likeness (QED) is 0.915. The number of hydrogen-bond acceptors (Lipinski definition) is 5. The van der Waals surface area contributed by atoms with Gasteiger partial charge in [0.05, 0.1) is 11.9 Å². The molecule has 0 radical (unpaired) electrons. The lowest BCUT2D eigenvalue weighted by atomic mass is 10.2. The molecule has 0 saturated heterocycles. The van der Waals surface area contributed by atoms with E-state index in [4.69, 9.17) is 9.47 Å². The summed E-state index contributed by atoms with van der Waals surface area (Å²) in [6.45, 7) is 3.17. The highest BCUT2D eigenvalue weighted by molar-refractivity contribution is 9.10. The Morgan fingerprint density at radius 1 is 1.43 bits per heavy atom. The summed E-state index contributed by atoms with van der Waals surface area (Å²) in [5, 5.41) is 7.29. The van der Waals surface area contributed by atoms with Gasteiger partial charge >= 0.3 is 0 Å². The van der Waals surface area contributed by atoms with Crippen molar-refractivity contribution in [1.82, 2.24) is 9.78 Å². The number of halogens is 1. The molecule has 1 aromatic heterocycles. The summed E-state index contributed by atoms with van der Waals surface area (Å²) in [7, 11) is 0. The molecule has 0 fully saturated rings. The summed E-state index contributed by atoms with van der Waals surface area (Å²) < 4.78 is 12.7. The number of nitrogens with one attached hydrogen (secondary N) is 1. The zero-order valence-electron chi connectivity index (χ0n) is 11.4. The second-order valence-electron chi connectivity index (χ2n) is 4.50. The van der Waals surface area contributed by atoms with Crippen LogP contribution in [0.3, 0.4) is 0 Å². The van der Waals surface area contributed by atoms with E-state index >= 15 is 0 Å². The molecular formula is C14H14BrN3O3. The number of aryl methyl sites for hydroxylation is 1. The van der Waals surface area contributed by atoms with Gasteiger partial charge in [0.25, 0.3) is 5.56 Å². The Morgan fingerprint density at radius 2 is 2.29 bits per heavy atom. The molecule has 1 aliphatic heterocycles. The van der Waals surface area contributed by atoms with Crippen molar-refractivity contribution in [2.75, 3.05) is 12.1 Å². The molecule has 2 heterocycles. The lowest BCUT2D eigenvalue weighted by molar-refractivity contribution is 0.173. The van der Waals surface area contributed by atoms with Crippen molar-refractivity contribution in [2.24, 2.45) is 0 Å². The van der Waals surface area contributed by atoms with E-state index in [1.807, 2.05) is 25.1 Å². The number of benzene rings is 1. The summed E-state index contributed by atoms with van der Waals surface area (Å²) >= 11 is 3.32. The molecule has 0 bridgehead atoms. The maximum absolute atomic E-state index is 12.0. The molecule has 1 aliphatic rings. The smallest absolute Gasteiger partial charge is 0.283 e. The van der Waals surface area contributed by atoms with Crippen LogP contribution < -0.4 is 20.3 Å². The minimum Gasteiger partial charge on any atom is -0.454 e. The van der Waals surface area contributed by atoms with Crippen molar-refractivity contribution in [3.8, 4) is 11.5 Å². The van der Waals surface area contributed by atoms with Crippen LogP contribution in [0.25, 0.3) is 0 Å². The maximum atomic E-state index is 12.0. The SMILES string of the molecule is CCn1ncc(NCc2cccc3c2OCO3)c(Br)c1=O. The Hall–Kier alpha value is -2.02. The Bertz CT molecular complexity index is 730. The molecule has 1 N–H and O–H groups in total. The Labute approximate surface area is 129 Å². The second-order valence-corrected chi connectivity index (χ2v) is 5.29. The average Bonchev–Trinajstić information content (AvgIpc) is 2.98. The molecule has 21 heavy (non-hydrogen) atoms. The van der Waals surface area contributed by atoms with E-state index in [0.717, 1.165) is 17.1 Å². The van der Waals surface area contributed by atoms with Crippen LogP contribution in [0.1, 0.15) is 12.5 Å². The van der Waals surface area contributed by atoms with Crippen molar-refractivity contribution >= 4 is 21.6 Å². The first kappa shape index (κ1) is 13.9. The first-order valence-electron chi connectivity index (χ1n) is 6.57. The van der Waals surface area contributed by atoms with Crippen LogP contribution in [0.15, 0.2) is 33.7 Å². The van der Waals surface area contributed by atoms with Gasteiger partial charge in [-0.3, -0.25) is 4.79 Å². The van der Waals surface area contributed by atoms with Gasteiger partial charge in [-0.25, -0.2) is 4.68 Å². The van der Waals surface area contributed by atoms with Crippen molar-refractivity contribution in [3.05, 3.63) is 44.8 Å². The molecule has 0 amide bonds. The number of hydrogen-bond donors (Lipinski definition) is 1. The molecule has 0 spiro atoms. The molecule has 0 saturated carbocycles. The first-order valence-corrected chi connectivity index (χ1v) is 7.37. The van der Waals surface area contributed by atoms with Gasteiger partial charge in [-0.05, 0) is 28.9 Å². The normalized spacial score (nSPS) is 12.5. The highest BCUT2D eigenvalue weighted by Gasteiger charge is 2.17. The molecular weight excluding hydrogens is 338 g/mol. The number of para-hydroxylation sites is 1. The van der Waals surface area contributed by atoms with Crippen LogP contribution in [0, 0.1) is 0 Å². The number of anilines is 1. The Kier molecular flexibility index (Phi) is 3.83. The van der Waals surface area contributed by atoms with Gasteiger partial charge in [0.2, 0.25) is 6.79 Å². The predicted octanol–water partition coefficient (Wildman–Crippen LogP) is 2.37. The predicted molar refractivity (Wildman–Crippen MR) is 81.8 cm³/mol. The average molecular weight is 352 g/mol. The van der Waals surface area contributed by atoms with Gasteiger partial charge in [-0.2, -0.15) is 5.10 Å². The molecule has 7 heteroatoms. The van der Waals surface area contributed by atoms with Crippen LogP contribution in [0.4, 0.5) is 5.69 Å². The molecule has 3 rings (SSSR count). The minimum absolute atomic E-state index is 0.152. The number of ether oxygens (including phenoxy) is 2. The zero-order chi connectivity index (χ0) is 14.8. The molecule has 1 aromatic carbocycles. The van der Waals surface area contributed by atoms with Gasteiger partial charge in [-0.1, -0.05) is 12.1 Å². The van der Waals surface area contributed by atoms with Gasteiger partial charge in [0.1, 0.15) is 4.47 Å². The zero-order valence-corrected chi connectivity index (χ0v) is 13.0. The van der Waals surface area contributed by atoms with Crippen LogP contribution in [0.2, 0.25) is 0 Å². The van der Waals surface area contributed by atoms with Crippen LogP contribution in [0.5, 0.6) is 11.5 Å². The highest BCUT2D eigenvalue weighted by Crippen LogP contribution is 2.35. The van der Waals surface area contributed by atoms with Crippen molar-refractivity contribution in [3.63, 3.8) is 0 Å². The number of nitrogens with zero attached hydrogens (tertiary/aromatic N) is 2. The molecule has 0 atom stereocenters. The fourth-order valence-corrected chi connectivity index (χ4v) is 2.58. The molecule has 0 unspecified atom stereocenters. The Morgan fingerprint density at radius 3 is 3.10 bits per heavy atom. The van der Waals surface area contributed by atoms with E-state index in [9.17, 15) is 4.79 Å². The minimum atomic E-state index is -0.152. The van der Waals surface area contributed by atoms with E-state index in [2.05, 4.69) is 26.3 Å². The van der Waals surface area contributed by atoms with Crippen molar-refractivity contribution < 1.29 is 9.47 Å². The lowest BCUT2D eigenvalue weighted by Gasteiger charge is -2.11. The summed E-state index contributed by atoms with van der Waals surface area (Å²) in [5.41, 5.74) is 1.47. The molecule has 110 valence electrons. The monoisotopic (exact) mass is 351 g/mol. The largest absolute Gasteiger partial charge is 0.454 e. The molecule has 6 nitrogen and oxygen atoms in total. The van der Waals surface area contributed by atoms with Crippen molar-refractivity contribution in [2.45, 2.75) is 20.0 Å². The molecule has 0 aliphatic carbocycles. The fourth-order valence-electron chi connectivity index (χ4n) is 2.13. The first-order chi connectivity index (χ1) is 10.2. The van der Waals surface area contributed by atoms with Crippen LogP contribution in [-0.2, 0) is 13.1 Å². The summed E-state index contributed by atoms with van der Waals surface area (Å²) in [6.07, 6.45) is 1.63. The second kappa shape index (κ2) is 5.77. The summed E-state index contributed by atoms with van der Waals surface area (Å²) in [4.78, 5) is 12.0. The van der Waals surface area contributed by atoms with Gasteiger partial charge < -0.3 is 14.8 Å². The fraction of sp³-hybridized carbons (Fsp3) is 0.286. The van der Waals surface area contributed by atoms with Crippen LogP contribution in [-0.4, -0.2) is 16.6 Å². The standard InChI is InChI=1S/C14H14BrN3O3/c1-2-18-14(19)12(15)10(7-17-18)16-6-9-4-3-5-11-13(9)21-8-20-11/h3-5,7,16H,2,6,8H2,1H3. The van der Waals surface area contributed by atoms with E-state index in [0.29, 0.717) is 23.2 Å². The van der Waals surface area contributed by atoms with E-state index < -0.39 is 0 Å². The Balaban J connectivity index is 1.82. The third-order valence-electron chi connectivity index (χ3n) is 3.23. The lowest BCUT2D eigenvalue weighted by Crippen LogP contribution is -2.23. The summed E-state index contributed by atoms with van der Waals surface area (Å²) in [5.74, 6) is 1.49.